The molecule has 0 aliphatic rings. The molecule has 0 spiro atoms. The second-order valence-electron chi connectivity index (χ2n) is 3.12. The maximum atomic E-state index is 13.6. The number of benzene rings is 1. The molecule has 88 valence electrons. The lowest BCUT2D eigenvalue weighted by atomic mass is 10.2. The molecule has 0 unspecified atom stereocenters. The van der Waals surface area contributed by atoms with E-state index < -0.39 is 17.2 Å². The smallest absolute Gasteiger partial charge is 0.225 e. The van der Waals surface area contributed by atoms with E-state index in [1.165, 1.54) is 0 Å². The molecule has 0 bridgehead atoms. The number of halogens is 3. The van der Waals surface area contributed by atoms with Gasteiger partial charge >= 0.3 is 0 Å². The van der Waals surface area contributed by atoms with Gasteiger partial charge in [0, 0.05) is 4.47 Å². The molecule has 0 fully saturated rings. The van der Waals surface area contributed by atoms with Crippen LogP contribution in [0.2, 0.25) is 0 Å². The number of rotatable bonds is 1. The molecular formula is C9H6BrF2N5. The number of hydrogen-bond donors (Lipinski definition) is 2. The summed E-state index contributed by atoms with van der Waals surface area (Å²) in [6.07, 6.45) is 0. The van der Waals surface area contributed by atoms with Gasteiger partial charge in [0.25, 0.3) is 0 Å². The van der Waals surface area contributed by atoms with Crippen LogP contribution in [0.25, 0.3) is 11.4 Å². The number of hydrogen-bond acceptors (Lipinski definition) is 5. The summed E-state index contributed by atoms with van der Waals surface area (Å²) in [4.78, 5) is 10.8. The Labute approximate surface area is 103 Å². The lowest BCUT2D eigenvalue weighted by Gasteiger charge is -2.05. The summed E-state index contributed by atoms with van der Waals surface area (Å²) in [7, 11) is 0. The molecule has 17 heavy (non-hydrogen) atoms. The molecule has 8 heteroatoms. The fraction of sp³-hybridized carbons (Fsp3) is 0. The third-order valence-corrected chi connectivity index (χ3v) is 2.36. The summed E-state index contributed by atoms with van der Waals surface area (Å²) in [5.41, 5.74) is 10.3. The van der Waals surface area contributed by atoms with E-state index in [-0.39, 0.29) is 22.2 Å². The summed E-state index contributed by atoms with van der Waals surface area (Å²) < 4.78 is 27.5. The summed E-state index contributed by atoms with van der Waals surface area (Å²) in [6, 6.07) is 2.18. The maximum Gasteiger partial charge on any atom is 0.225 e. The van der Waals surface area contributed by atoms with E-state index in [1.807, 2.05) is 0 Å². The van der Waals surface area contributed by atoms with Gasteiger partial charge in [0.15, 0.2) is 5.82 Å². The third-order valence-electron chi connectivity index (χ3n) is 1.90. The molecule has 0 saturated heterocycles. The van der Waals surface area contributed by atoms with Gasteiger partial charge in [-0.1, -0.05) is 15.9 Å². The minimum Gasteiger partial charge on any atom is -0.368 e. The molecule has 0 amide bonds. The highest BCUT2D eigenvalue weighted by molar-refractivity contribution is 9.10. The number of nitrogens with zero attached hydrogens (tertiary/aromatic N) is 3. The molecule has 0 aliphatic carbocycles. The Morgan fingerprint density at radius 1 is 0.941 bits per heavy atom. The van der Waals surface area contributed by atoms with Crippen LogP contribution in [0.3, 0.4) is 0 Å². The van der Waals surface area contributed by atoms with Crippen molar-refractivity contribution in [1.29, 1.82) is 0 Å². The third kappa shape index (κ3) is 2.31. The summed E-state index contributed by atoms with van der Waals surface area (Å²) in [6.45, 7) is 0. The van der Waals surface area contributed by atoms with Crippen molar-refractivity contribution in [3.63, 3.8) is 0 Å². The standard InChI is InChI=1S/C9H6BrF2N5/c10-3-1-4(11)6(5(12)2-3)7-15-8(13)17-9(14)16-7/h1-2H,(H4,13,14,15,16,17). The second kappa shape index (κ2) is 4.21. The molecule has 1 aromatic heterocycles. The van der Waals surface area contributed by atoms with Crippen LogP contribution in [0.15, 0.2) is 16.6 Å². The summed E-state index contributed by atoms with van der Waals surface area (Å²) in [5.74, 6) is -2.27. The number of nitrogens with two attached hydrogens (primary N) is 2. The fourth-order valence-corrected chi connectivity index (χ4v) is 1.68. The first-order valence-corrected chi connectivity index (χ1v) is 5.18. The first-order chi connectivity index (χ1) is 7.97. The van der Waals surface area contributed by atoms with E-state index in [1.54, 1.807) is 0 Å². The van der Waals surface area contributed by atoms with E-state index in [0.717, 1.165) is 12.1 Å². The van der Waals surface area contributed by atoms with Crippen molar-refractivity contribution in [1.82, 2.24) is 15.0 Å². The summed E-state index contributed by atoms with van der Waals surface area (Å²) >= 11 is 2.97. The van der Waals surface area contributed by atoms with Crippen molar-refractivity contribution in [2.24, 2.45) is 0 Å². The van der Waals surface area contributed by atoms with Crippen LogP contribution in [-0.2, 0) is 0 Å². The Morgan fingerprint density at radius 2 is 1.41 bits per heavy atom. The van der Waals surface area contributed by atoms with E-state index >= 15 is 0 Å². The Balaban J connectivity index is 2.68. The monoisotopic (exact) mass is 301 g/mol. The van der Waals surface area contributed by atoms with Crippen LogP contribution < -0.4 is 11.5 Å². The second-order valence-corrected chi connectivity index (χ2v) is 4.04. The van der Waals surface area contributed by atoms with Crippen molar-refractivity contribution in [3.8, 4) is 11.4 Å². The molecule has 2 aromatic rings. The van der Waals surface area contributed by atoms with Crippen LogP contribution in [0, 0.1) is 11.6 Å². The first-order valence-electron chi connectivity index (χ1n) is 4.39. The average Bonchev–Trinajstić information content (AvgIpc) is 2.13. The van der Waals surface area contributed by atoms with Crippen LogP contribution in [-0.4, -0.2) is 15.0 Å². The highest BCUT2D eigenvalue weighted by Gasteiger charge is 2.16. The lowest BCUT2D eigenvalue weighted by Crippen LogP contribution is -2.06. The molecule has 0 saturated carbocycles. The zero-order valence-corrected chi connectivity index (χ0v) is 9.87. The summed E-state index contributed by atoms with van der Waals surface area (Å²) in [5, 5.41) is 0. The number of anilines is 2. The normalized spacial score (nSPS) is 10.5. The molecule has 1 heterocycles. The van der Waals surface area contributed by atoms with Gasteiger partial charge in [-0.2, -0.15) is 15.0 Å². The molecular weight excluding hydrogens is 296 g/mol. The van der Waals surface area contributed by atoms with Gasteiger partial charge < -0.3 is 11.5 Å². The van der Waals surface area contributed by atoms with Crippen molar-refractivity contribution >= 4 is 27.8 Å². The zero-order chi connectivity index (χ0) is 12.6. The maximum absolute atomic E-state index is 13.6. The van der Waals surface area contributed by atoms with Gasteiger partial charge in [0.05, 0.1) is 5.56 Å². The van der Waals surface area contributed by atoms with Crippen molar-refractivity contribution in [2.75, 3.05) is 11.5 Å². The highest BCUT2D eigenvalue weighted by atomic mass is 79.9. The minimum atomic E-state index is -0.818. The zero-order valence-electron chi connectivity index (χ0n) is 8.28. The van der Waals surface area contributed by atoms with Crippen molar-refractivity contribution in [3.05, 3.63) is 28.2 Å². The van der Waals surface area contributed by atoms with Crippen LogP contribution in [0.5, 0.6) is 0 Å². The first kappa shape index (κ1) is 11.6. The van der Waals surface area contributed by atoms with Crippen LogP contribution >= 0.6 is 15.9 Å². The van der Waals surface area contributed by atoms with Gasteiger partial charge in [0.1, 0.15) is 11.6 Å². The topological polar surface area (TPSA) is 90.7 Å². The van der Waals surface area contributed by atoms with E-state index in [4.69, 9.17) is 11.5 Å². The predicted molar refractivity (Wildman–Crippen MR) is 61.7 cm³/mol. The van der Waals surface area contributed by atoms with E-state index in [2.05, 4.69) is 30.9 Å². The van der Waals surface area contributed by atoms with E-state index in [0.29, 0.717) is 0 Å². The SMILES string of the molecule is Nc1nc(N)nc(-c2c(F)cc(Br)cc2F)n1. The molecule has 2 rings (SSSR count). The van der Waals surface area contributed by atoms with Crippen LogP contribution in [0.1, 0.15) is 0 Å². The Kier molecular flexibility index (Phi) is 2.88. The predicted octanol–water partition coefficient (Wildman–Crippen LogP) is 1.74. The fourth-order valence-electron chi connectivity index (χ4n) is 1.28. The highest BCUT2D eigenvalue weighted by Crippen LogP contribution is 2.27. The average molecular weight is 302 g/mol. The molecule has 5 nitrogen and oxygen atoms in total. The quantitative estimate of drug-likeness (QED) is 0.837. The van der Waals surface area contributed by atoms with Gasteiger partial charge in [-0.25, -0.2) is 8.78 Å². The number of nitrogen functional groups attached to an aromatic ring is 2. The van der Waals surface area contributed by atoms with Gasteiger partial charge in [0.2, 0.25) is 11.9 Å². The van der Waals surface area contributed by atoms with Crippen molar-refractivity contribution in [2.45, 2.75) is 0 Å². The Hall–Kier alpha value is -1.83. The van der Waals surface area contributed by atoms with Gasteiger partial charge in [-0.05, 0) is 12.1 Å². The molecule has 0 aliphatic heterocycles. The lowest BCUT2D eigenvalue weighted by molar-refractivity contribution is 0.586. The minimum absolute atomic E-state index is 0.200. The Bertz CT molecular complexity index is 546. The van der Waals surface area contributed by atoms with E-state index in [9.17, 15) is 8.78 Å². The van der Waals surface area contributed by atoms with Gasteiger partial charge in [-0.15, -0.1) is 0 Å². The van der Waals surface area contributed by atoms with Gasteiger partial charge in [-0.3, -0.25) is 0 Å². The largest absolute Gasteiger partial charge is 0.368 e. The number of aromatic nitrogens is 3. The van der Waals surface area contributed by atoms with Crippen LogP contribution in [0.4, 0.5) is 20.7 Å². The molecule has 4 N–H and O–H groups in total. The van der Waals surface area contributed by atoms with Crippen molar-refractivity contribution < 1.29 is 8.78 Å². The molecule has 0 radical (unpaired) electrons. The molecule has 0 atom stereocenters. The molecule has 1 aromatic carbocycles. The Morgan fingerprint density at radius 3 is 1.88 bits per heavy atom.